The molecule has 5 heteroatoms. The molecule has 5 nitrogen and oxygen atoms in total. The van der Waals surface area contributed by atoms with Gasteiger partial charge in [0.1, 0.15) is 0 Å². The Labute approximate surface area is 126 Å². The fourth-order valence-corrected chi connectivity index (χ4v) is 2.27. The molecule has 1 aliphatic rings. The molecular formula is C16H23N3O2. The predicted molar refractivity (Wildman–Crippen MR) is 84.5 cm³/mol. The Bertz CT molecular complexity index is 467. The molecule has 1 saturated heterocycles. The lowest BCUT2D eigenvalue weighted by atomic mass is 10.2. The number of hydrogen-bond acceptors (Lipinski definition) is 3. The third kappa shape index (κ3) is 4.49. The van der Waals surface area contributed by atoms with Crippen LogP contribution in [-0.2, 0) is 11.3 Å². The number of hydrogen-bond donors (Lipinski definition) is 1. The van der Waals surface area contributed by atoms with Crippen molar-refractivity contribution >= 4 is 11.7 Å². The highest BCUT2D eigenvalue weighted by molar-refractivity contribution is 5.74. The van der Waals surface area contributed by atoms with Crippen molar-refractivity contribution in [3.8, 4) is 0 Å². The van der Waals surface area contributed by atoms with E-state index in [1.807, 2.05) is 0 Å². The number of amides is 2. The minimum atomic E-state index is -0.0906. The van der Waals surface area contributed by atoms with Gasteiger partial charge in [-0.25, -0.2) is 4.79 Å². The second-order valence-electron chi connectivity index (χ2n) is 5.10. The van der Waals surface area contributed by atoms with E-state index in [2.05, 4.69) is 41.1 Å². The van der Waals surface area contributed by atoms with E-state index in [4.69, 9.17) is 4.74 Å². The standard InChI is InChI=1S/C16H23N3O2/c1-3-8-17-16(20)18(2)13-14-4-6-15(7-5-14)19-9-11-21-12-10-19/h3-7H,1,8-13H2,2H3,(H,17,20). The van der Waals surface area contributed by atoms with Crippen molar-refractivity contribution in [2.24, 2.45) is 0 Å². The highest BCUT2D eigenvalue weighted by Gasteiger charge is 2.12. The van der Waals surface area contributed by atoms with Crippen LogP contribution in [0.25, 0.3) is 0 Å². The Balaban J connectivity index is 1.89. The van der Waals surface area contributed by atoms with Gasteiger partial charge in [-0.1, -0.05) is 18.2 Å². The van der Waals surface area contributed by atoms with E-state index in [9.17, 15) is 4.79 Å². The summed E-state index contributed by atoms with van der Waals surface area (Å²) in [6.07, 6.45) is 1.67. The van der Waals surface area contributed by atoms with E-state index in [1.54, 1.807) is 18.0 Å². The molecule has 0 bridgehead atoms. The van der Waals surface area contributed by atoms with Gasteiger partial charge in [-0.2, -0.15) is 0 Å². The number of urea groups is 1. The molecule has 21 heavy (non-hydrogen) atoms. The molecule has 0 spiro atoms. The highest BCUT2D eigenvalue weighted by atomic mass is 16.5. The minimum absolute atomic E-state index is 0.0906. The van der Waals surface area contributed by atoms with Gasteiger partial charge in [0.05, 0.1) is 13.2 Å². The number of carbonyl (C=O) groups excluding carboxylic acids is 1. The number of anilines is 1. The number of carbonyl (C=O) groups is 1. The molecule has 1 N–H and O–H groups in total. The first-order valence-corrected chi connectivity index (χ1v) is 7.22. The summed E-state index contributed by atoms with van der Waals surface area (Å²) in [5.74, 6) is 0. The van der Waals surface area contributed by atoms with Gasteiger partial charge < -0.3 is 19.9 Å². The molecule has 1 aliphatic heterocycles. The van der Waals surface area contributed by atoms with Gasteiger partial charge in [-0.05, 0) is 17.7 Å². The van der Waals surface area contributed by atoms with E-state index in [-0.39, 0.29) is 6.03 Å². The lowest BCUT2D eigenvalue weighted by Crippen LogP contribution is -2.37. The molecule has 114 valence electrons. The molecule has 0 unspecified atom stereocenters. The summed E-state index contributed by atoms with van der Waals surface area (Å²) in [6, 6.07) is 8.27. The van der Waals surface area contributed by atoms with Crippen LogP contribution in [0.15, 0.2) is 36.9 Å². The summed E-state index contributed by atoms with van der Waals surface area (Å²) in [6.45, 7) is 8.10. The molecular weight excluding hydrogens is 266 g/mol. The van der Waals surface area contributed by atoms with Crippen LogP contribution in [0.3, 0.4) is 0 Å². The molecule has 0 atom stereocenters. The average molecular weight is 289 g/mol. The summed E-state index contributed by atoms with van der Waals surface area (Å²) in [7, 11) is 1.79. The van der Waals surface area contributed by atoms with Gasteiger partial charge in [0, 0.05) is 38.9 Å². The maximum Gasteiger partial charge on any atom is 0.317 e. The highest BCUT2D eigenvalue weighted by Crippen LogP contribution is 2.17. The SMILES string of the molecule is C=CCNC(=O)N(C)Cc1ccc(N2CCOCC2)cc1. The Morgan fingerprint density at radius 3 is 2.67 bits per heavy atom. The van der Waals surface area contributed by atoms with E-state index in [1.165, 1.54) is 5.69 Å². The number of rotatable bonds is 5. The fraction of sp³-hybridized carbons (Fsp3) is 0.438. The van der Waals surface area contributed by atoms with Gasteiger partial charge in [0.15, 0.2) is 0 Å². The van der Waals surface area contributed by atoms with Crippen molar-refractivity contribution in [1.29, 1.82) is 0 Å². The third-order valence-electron chi connectivity index (χ3n) is 3.48. The number of benzene rings is 1. The monoisotopic (exact) mass is 289 g/mol. The van der Waals surface area contributed by atoms with E-state index < -0.39 is 0 Å². The van der Waals surface area contributed by atoms with Crippen molar-refractivity contribution < 1.29 is 9.53 Å². The molecule has 1 fully saturated rings. The van der Waals surface area contributed by atoms with Crippen LogP contribution in [0.5, 0.6) is 0 Å². The molecule has 2 amide bonds. The van der Waals surface area contributed by atoms with E-state index in [0.29, 0.717) is 13.1 Å². The fourth-order valence-electron chi connectivity index (χ4n) is 2.27. The van der Waals surface area contributed by atoms with Crippen LogP contribution in [0.1, 0.15) is 5.56 Å². The van der Waals surface area contributed by atoms with E-state index in [0.717, 1.165) is 31.9 Å². The Morgan fingerprint density at radius 1 is 1.38 bits per heavy atom. The van der Waals surface area contributed by atoms with Crippen LogP contribution in [0.4, 0.5) is 10.5 Å². The first kappa shape index (κ1) is 15.4. The summed E-state index contributed by atoms with van der Waals surface area (Å²) >= 11 is 0. The van der Waals surface area contributed by atoms with Crippen LogP contribution in [-0.4, -0.2) is 50.8 Å². The summed E-state index contributed by atoms with van der Waals surface area (Å²) < 4.78 is 5.36. The van der Waals surface area contributed by atoms with Crippen LogP contribution in [0, 0.1) is 0 Å². The van der Waals surface area contributed by atoms with Gasteiger partial charge in [0.25, 0.3) is 0 Å². The van der Waals surface area contributed by atoms with Gasteiger partial charge in [-0.15, -0.1) is 6.58 Å². The number of morpholine rings is 1. The van der Waals surface area contributed by atoms with Crippen LogP contribution >= 0.6 is 0 Å². The Hall–Kier alpha value is -2.01. The maximum atomic E-state index is 11.8. The largest absolute Gasteiger partial charge is 0.378 e. The summed E-state index contributed by atoms with van der Waals surface area (Å²) in [4.78, 5) is 15.7. The average Bonchev–Trinajstić information content (AvgIpc) is 2.54. The van der Waals surface area contributed by atoms with Gasteiger partial charge in [-0.3, -0.25) is 0 Å². The zero-order chi connectivity index (χ0) is 15.1. The van der Waals surface area contributed by atoms with Crippen molar-refractivity contribution in [2.45, 2.75) is 6.54 Å². The quantitative estimate of drug-likeness (QED) is 0.841. The maximum absolute atomic E-state index is 11.8. The predicted octanol–water partition coefficient (Wildman–Crippen LogP) is 1.85. The molecule has 2 rings (SSSR count). The lowest BCUT2D eigenvalue weighted by Gasteiger charge is -2.29. The lowest BCUT2D eigenvalue weighted by molar-refractivity contribution is 0.122. The molecule has 0 aromatic heterocycles. The topological polar surface area (TPSA) is 44.8 Å². The molecule has 1 heterocycles. The summed E-state index contributed by atoms with van der Waals surface area (Å²) in [5, 5.41) is 2.76. The molecule has 1 aromatic rings. The van der Waals surface area contributed by atoms with Crippen molar-refractivity contribution in [3.05, 3.63) is 42.5 Å². The first-order valence-electron chi connectivity index (χ1n) is 7.22. The van der Waals surface area contributed by atoms with Gasteiger partial charge >= 0.3 is 6.03 Å². The minimum Gasteiger partial charge on any atom is -0.378 e. The smallest absolute Gasteiger partial charge is 0.317 e. The van der Waals surface area contributed by atoms with Crippen LogP contribution in [0.2, 0.25) is 0 Å². The Morgan fingerprint density at radius 2 is 2.05 bits per heavy atom. The van der Waals surface area contributed by atoms with Crippen molar-refractivity contribution in [3.63, 3.8) is 0 Å². The zero-order valence-corrected chi connectivity index (χ0v) is 12.5. The molecule has 0 saturated carbocycles. The normalized spacial score (nSPS) is 14.6. The van der Waals surface area contributed by atoms with Crippen molar-refractivity contribution in [1.82, 2.24) is 10.2 Å². The Kier molecular flexibility index (Phi) is 5.63. The molecule has 1 aromatic carbocycles. The number of nitrogens with one attached hydrogen (secondary N) is 1. The second-order valence-corrected chi connectivity index (χ2v) is 5.10. The first-order chi connectivity index (χ1) is 10.2. The number of nitrogens with zero attached hydrogens (tertiary/aromatic N) is 2. The van der Waals surface area contributed by atoms with Crippen LogP contribution < -0.4 is 10.2 Å². The third-order valence-corrected chi connectivity index (χ3v) is 3.48. The molecule has 0 radical (unpaired) electrons. The van der Waals surface area contributed by atoms with Gasteiger partial charge in [0.2, 0.25) is 0 Å². The number of ether oxygens (including phenoxy) is 1. The second kappa shape index (κ2) is 7.69. The molecule has 0 aliphatic carbocycles. The van der Waals surface area contributed by atoms with Crippen molar-refractivity contribution in [2.75, 3.05) is 44.8 Å². The van der Waals surface area contributed by atoms with E-state index >= 15 is 0 Å². The zero-order valence-electron chi connectivity index (χ0n) is 12.5. The summed E-state index contributed by atoms with van der Waals surface area (Å²) in [5.41, 5.74) is 2.32.